The van der Waals surface area contributed by atoms with Crippen LogP contribution in [0.4, 0.5) is 5.69 Å². The Morgan fingerprint density at radius 1 is 1.14 bits per heavy atom. The fourth-order valence-electron chi connectivity index (χ4n) is 2.74. The predicted octanol–water partition coefficient (Wildman–Crippen LogP) is 3.81. The zero-order valence-corrected chi connectivity index (χ0v) is 14.0. The molecule has 5 heteroatoms. The van der Waals surface area contributed by atoms with Crippen molar-refractivity contribution >= 4 is 40.7 Å². The van der Waals surface area contributed by atoms with Gasteiger partial charge in [-0.25, -0.2) is 0 Å². The van der Waals surface area contributed by atoms with Crippen LogP contribution < -0.4 is 5.73 Å². The second-order valence-electron chi connectivity index (χ2n) is 5.24. The average Bonchev–Trinajstić information content (AvgIpc) is 3.22. The van der Waals surface area contributed by atoms with Gasteiger partial charge in [-0.3, -0.25) is 0 Å². The molecule has 2 atom stereocenters. The van der Waals surface area contributed by atoms with Crippen molar-refractivity contribution in [2.45, 2.75) is 10.00 Å². The first-order valence-electron chi connectivity index (χ1n) is 7.01. The molecule has 1 aliphatic heterocycles. The third-order valence-electron chi connectivity index (χ3n) is 3.95. The Morgan fingerprint density at radius 2 is 1.81 bits per heavy atom. The molecule has 0 radical (unpaired) electrons. The second kappa shape index (κ2) is 6.15. The van der Waals surface area contributed by atoms with Gasteiger partial charge in [0.1, 0.15) is 0 Å². The molecule has 112 valence electrons. The van der Waals surface area contributed by atoms with E-state index in [1.807, 2.05) is 23.9 Å². The van der Waals surface area contributed by atoms with Gasteiger partial charge < -0.3 is 10.6 Å². The molecule has 1 saturated heterocycles. The Morgan fingerprint density at radius 3 is 2.38 bits per heavy atom. The minimum absolute atomic E-state index is 0.102. The number of thioether (sulfide) groups is 1. The van der Waals surface area contributed by atoms with E-state index in [1.165, 1.54) is 11.3 Å². The first kappa shape index (κ1) is 15.1. The van der Waals surface area contributed by atoms with E-state index in [4.69, 9.17) is 28.9 Å². The van der Waals surface area contributed by atoms with E-state index in [1.54, 1.807) is 0 Å². The summed E-state index contributed by atoms with van der Waals surface area (Å²) in [6.07, 6.45) is 6.84. The number of benzene rings is 1. The molecule has 0 saturated carbocycles. The molecule has 2 nitrogen and oxygen atoms in total. The molecule has 1 aromatic rings. The minimum atomic E-state index is 0.102. The summed E-state index contributed by atoms with van der Waals surface area (Å²) in [5.41, 5.74) is 9.13. The molecule has 0 amide bonds. The number of fused-ring (bicyclic) bond motifs is 1. The number of nitrogens with two attached hydrogens (primary N) is 1. The molecule has 0 spiro atoms. The summed E-state index contributed by atoms with van der Waals surface area (Å²) in [6, 6.07) is 8.20. The lowest BCUT2D eigenvalue weighted by Crippen LogP contribution is -2.28. The summed E-state index contributed by atoms with van der Waals surface area (Å²) in [6.45, 7) is 1.66. The van der Waals surface area contributed by atoms with Crippen molar-refractivity contribution < 1.29 is 0 Å². The number of hydrogen-bond donors (Lipinski definition) is 1. The van der Waals surface area contributed by atoms with Gasteiger partial charge in [-0.2, -0.15) is 0 Å². The standard InChI is InChI=1S/C16H18Cl2N2S/c17-7-9-20(10-8-18)14-5-6-16(15(11-14)21-16)12-1-3-13(19)4-2-12/h1-6,11,15H,7-10,19H2. The van der Waals surface area contributed by atoms with Crippen LogP contribution in [-0.2, 0) is 4.75 Å². The van der Waals surface area contributed by atoms with Gasteiger partial charge in [-0.15, -0.1) is 35.0 Å². The van der Waals surface area contributed by atoms with E-state index in [-0.39, 0.29) is 4.75 Å². The summed E-state index contributed by atoms with van der Waals surface area (Å²) in [5, 5.41) is 0.495. The monoisotopic (exact) mass is 340 g/mol. The van der Waals surface area contributed by atoms with Crippen LogP contribution in [0.1, 0.15) is 5.56 Å². The van der Waals surface area contributed by atoms with E-state index in [9.17, 15) is 0 Å². The highest BCUT2D eigenvalue weighted by Crippen LogP contribution is 2.64. The molecule has 21 heavy (non-hydrogen) atoms. The molecule has 0 aromatic heterocycles. The largest absolute Gasteiger partial charge is 0.399 e. The van der Waals surface area contributed by atoms with Crippen molar-refractivity contribution in [2.75, 3.05) is 30.6 Å². The molecule has 1 aromatic carbocycles. The highest BCUT2D eigenvalue weighted by molar-refractivity contribution is 8.08. The van der Waals surface area contributed by atoms with Gasteiger partial charge in [0.2, 0.25) is 0 Å². The van der Waals surface area contributed by atoms with E-state index in [0.29, 0.717) is 17.0 Å². The van der Waals surface area contributed by atoms with Crippen LogP contribution in [0, 0.1) is 0 Å². The molecular formula is C16H18Cl2N2S. The average molecular weight is 341 g/mol. The third kappa shape index (κ3) is 2.92. The zero-order valence-electron chi connectivity index (χ0n) is 11.6. The van der Waals surface area contributed by atoms with Gasteiger partial charge in [0.25, 0.3) is 0 Å². The molecule has 1 aliphatic carbocycles. The van der Waals surface area contributed by atoms with Crippen molar-refractivity contribution in [3.05, 3.63) is 53.8 Å². The van der Waals surface area contributed by atoms with E-state index < -0.39 is 0 Å². The van der Waals surface area contributed by atoms with E-state index in [0.717, 1.165) is 18.8 Å². The summed E-state index contributed by atoms with van der Waals surface area (Å²) < 4.78 is 0.102. The number of hydrogen-bond acceptors (Lipinski definition) is 3. The molecule has 2 N–H and O–H groups in total. The van der Waals surface area contributed by atoms with Gasteiger partial charge >= 0.3 is 0 Å². The first-order chi connectivity index (χ1) is 10.2. The smallest absolute Gasteiger partial charge is 0.0753 e. The van der Waals surface area contributed by atoms with Crippen LogP contribution in [-0.4, -0.2) is 35.0 Å². The Labute approximate surface area is 140 Å². The third-order valence-corrected chi connectivity index (χ3v) is 5.81. The maximum absolute atomic E-state index is 5.88. The maximum atomic E-state index is 5.88. The predicted molar refractivity (Wildman–Crippen MR) is 94.1 cm³/mol. The van der Waals surface area contributed by atoms with Crippen molar-refractivity contribution in [2.24, 2.45) is 0 Å². The molecule has 0 bridgehead atoms. The zero-order chi connectivity index (χ0) is 14.9. The normalized spacial score (nSPS) is 26.2. The minimum Gasteiger partial charge on any atom is -0.399 e. The molecule has 2 unspecified atom stereocenters. The Balaban J connectivity index is 1.77. The number of nitrogens with zero attached hydrogens (tertiary/aromatic N) is 1. The SMILES string of the molecule is Nc1ccc(C23C=CC(N(CCCl)CCCl)=CC2S3)cc1. The van der Waals surface area contributed by atoms with Crippen molar-refractivity contribution in [3.8, 4) is 0 Å². The Kier molecular flexibility index (Phi) is 4.43. The van der Waals surface area contributed by atoms with Crippen LogP contribution in [0.2, 0.25) is 0 Å². The lowest BCUT2D eigenvalue weighted by Gasteiger charge is -2.26. The number of rotatable bonds is 6. The Bertz CT molecular complexity index is 564. The van der Waals surface area contributed by atoms with Crippen LogP contribution in [0.5, 0.6) is 0 Å². The second-order valence-corrected chi connectivity index (χ2v) is 7.42. The summed E-state index contributed by atoms with van der Waals surface area (Å²) in [7, 11) is 0. The van der Waals surface area contributed by atoms with Crippen molar-refractivity contribution in [3.63, 3.8) is 0 Å². The number of alkyl halides is 2. The molecule has 1 heterocycles. The first-order valence-corrected chi connectivity index (χ1v) is 8.96. The van der Waals surface area contributed by atoms with Gasteiger partial charge in [-0.1, -0.05) is 18.2 Å². The summed E-state index contributed by atoms with van der Waals surface area (Å²) in [5.74, 6) is 1.23. The van der Waals surface area contributed by atoms with Crippen LogP contribution in [0.3, 0.4) is 0 Å². The van der Waals surface area contributed by atoms with E-state index >= 15 is 0 Å². The molecule has 2 aliphatic rings. The van der Waals surface area contributed by atoms with Gasteiger partial charge in [0.15, 0.2) is 0 Å². The van der Waals surface area contributed by atoms with Crippen LogP contribution in [0.25, 0.3) is 0 Å². The maximum Gasteiger partial charge on any atom is 0.0753 e. The van der Waals surface area contributed by atoms with Crippen molar-refractivity contribution in [1.29, 1.82) is 0 Å². The topological polar surface area (TPSA) is 29.3 Å². The lowest BCUT2D eigenvalue weighted by molar-refractivity contribution is 0.396. The fraction of sp³-hybridized carbons (Fsp3) is 0.375. The van der Waals surface area contributed by atoms with Crippen molar-refractivity contribution in [1.82, 2.24) is 4.90 Å². The molecule has 3 rings (SSSR count). The van der Waals surface area contributed by atoms with Crippen LogP contribution >= 0.6 is 35.0 Å². The van der Waals surface area contributed by atoms with Gasteiger partial charge in [0.05, 0.1) is 4.75 Å². The summed E-state index contributed by atoms with van der Waals surface area (Å²) >= 11 is 13.7. The van der Waals surface area contributed by atoms with E-state index in [2.05, 4.69) is 35.3 Å². The highest BCUT2D eigenvalue weighted by atomic mass is 35.5. The quantitative estimate of drug-likeness (QED) is 0.485. The number of anilines is 1. The van der Waals surface area contributed by atoms with Gasteiger partial charge in [-0.05, 0) is 29.8 Å². The van der Waals surface area contributed by atoms with Gasteiger partial charge in [0, 0.05) is 41.5 Å². The Hall–Kier alpha value is -0.770. The highest BCUT2D eigenvalue weighted by Gasteiger charge is 2.55. The number of halogens is 2. The summed E-state index contributed by atoms with van der Waals surface area (Å²) in [4.78, 5) is 2.25. The number of allylic oxidation sites excluding steroid dienone is 1. The molecular weight excluding hydrogens is 323 g/mol. The molecule has 1 fully saturated rings. The van der Waals surface area contributed by atoms with Crippen LogP contribution in [0.15, 0.2) is 48.2 Å². The lowest BCUT2D eigenvalue weighted by atomic mass is 9.91. The number of nitrogen functional groups attached to an aromatic ring is 1. The fourth-order valence-corrected chi connectivity index (χ4v) is 4.41.